The first kappa shape index (κ1) is 25.3. The molecule has 0 fully saturated rings. The zero-order valence-electron chi connectivity index (χ0n) is 21.4. The summed E-state index contributed by atoms with van der Waals surface area (Å²) in [6.07, 6.45) is 1.58. The maximum Gasteiger partial charge on any atom is 0.319 e. The smallest absolute Gasteiger partial charge is 0.319 e. The fourth-order valence-corrected chi connectivity index (χ4v) is 5.39. The molecule has 2 aromatic heterocycles. The van der Waals surface area contributed by atoms with Gasteiger partial charge >= 0.3 is 6.01 Å². The maximum atomic E-state index is 14.2. The van der Waals surface area contributed by atoms with Crippen molar-refractivity contribution in [3.05, 3.63) is 69.6 Å². The average molecular weight is 568 g/mol. The number of anilines is 1. The normalized spacial score (nSPS) is 15.7. The van der Waals surface area contributed by atoms with Gasteiger partial charge in [-0.1, -0.05) is 35.3 Å². The van der Waals surface area contributed by atoms with Crippen LogP contribution in [0.4, 0.5) is 5.69 Å². The van der Waals surface area contributed by atoms with E-state index in [1.165, 1.54) is 14.2 Å². The average Bonchev–Trinajstić information content (AvgIpc) is 3.63. The molecule has 0 aliphatic carbocycles. The van der Waals surface area contributed by atoms with Crippen molar-refractivity contribution in [1.82, 2.24) is 19.5 Å². The van der Waals surface area contributed by atoms with E-state index in [1.807, 2.05) is 30.5 Å². The molecule has 2 aliphatic rings. The number of benzene rings is 2. The van der Waals surface area contributed by atoms with Gasteiger partial charge in [0.25, 0.3) is 5.91 Å². The SMILES string of the molecule is COc1ncc(-c2nc3c(n2C(C)C)[C@@H](c2ccc(Cl)cc2)N(c2cc(Cl)c4c(c2)OCO4)C3=O)c(OC)n1. The zero-order chi connectivity index (χ0) is 27.4. The van der Waals surface area contributed by atoms with Crippen LogP contribution in [0.15, 0.2) is 42.6 Å². The highest BCUT2D eigenvalue weighted by Gasteiger charge is 2.45. The summed E-state index contributed by atoms with van der Waals surface area (Å²) < 4.78 is 23.8. The molecule has 0 saturated heterocycles. The lowest BCUT2D eigenvalue weighted by Gasteiger charge is -2.29. The number of hydrogen-bond acceptors (Lipinski definition) is 8. The van der Waals surface area contributed by atoms with Crippen molar-refractivity contribution in [3.63, 3.8) is 0 Å². The third kappa shape index (κ3) is 4.02. The summed E-state index contributed by atoms with van der Waals surface area (Å²) in [5, 5.41) is 0.930. The first-order valence-corrected chi connectivity index (χ1v) is 12.8. The van der Waals surface area contributed by atoms with Gasteiger partial charge in [-0.3, -0.25) is 9.69 Å². The molecule has 10 nitrogen and oxygen atoms in total. The van der Waals surface area contributed by atoms with E-state index >= 15 is 0 Å². The summed E-state index contributed by atoms with van der Waals surface area (Å²) in [5.74, 6) is 1.41. The Kier molecular flexibility index (Phi) is 6.23. The largest absolute Gasteiger partial charge is 0.480 e. The van der Waals surface area contributed by atoms with Crippen molar-refractivity contribution in [3.8, 4) is 34.8 Å². The van der Waals surface area contributed by atoms with E-state index in [-0.39, 0.29) is 30.6 Å². The highest BCUT2D eigenvalue weighted by molar-refractivity contribution is 6.33. The highest BCUT2D eigenvalue weighted by Crippen LogP contribution is 2.49. The van der Waals surface area contributed by atoms with Crippen molar-refractivity contribution in [2.75, 3.05) is 25.9 Å². The lowest BCUT2D eigenvalue weighted by atomic mass is 10.0. The van der Waals surface area contributed by atoms with E-state index < -0.39 is 6.04 Å². The van der Waals surface area contributed by atoms with Crippen LogP contribution in [0, 0.1) is 0 Å². The third-order valence-electron chi connectivity index (χ3n) is 6.63. The molecule has 1 atom stereocenters. The molecule has 4 heterocycles. The molecule has 12 heteroatoms. The van der Waals surface area contributed by atoms with E-state index in [1.54, 1.807) is 35.4 Å². The predicted octanol–water partition coefficient (Wildman–Crippen LogP) is 5.72. The monoisotopic (exact) mass is 567 g/mol. The fourth-order valence-electron chi connectivity index (χ4n) is 5.00. The van der Waals surface area contributed by atoms with Crippen LogP contribution >= 0.6 is 23.2 Å². The molecule has 0 bridgehead atoms. The number of methoxy groups -OCH3 is 2. The molecule has 2 aromatic carbocycles. The second-order valence-electron chi connectivity index (χ2n) is 9.20. The number of rotatable bonds is 6. The van der Waals surface area contributed by atoms with Crippen LogP contribution in [-0.2, 0) is 0 Å². The molecule has 0 N–H and O–H groups in total. The summed E-state index contributed by atoms with van der Waals surface area (Å²) in [7, 11) is 2.98. The van der Waals surface area contributed by atoms with Gasteiger partial charge in [-0.2, -0.15) is 4.98 Å². The summed E-state index contributed by atoms with van der Waals surface area (Å²) in [6, 6.07) is 10.3. The summed E-state index contributed by atoms with van der Waals surface area (Å²) in [4.78, 5) is 29.3. The van der Waals surface area contributed by atoms with Gasteiger partial charge in [-0.25, -0.2) is 9.97 Å². The number of hydrogen-bond donors (Lipinski definition) is 0. The van der Waals surface area contributed by atoms with Crippen molar-refractivity contribution in [1.29, 1.82) is 0 Å². The van der Waals surface area contributed by atoms with E-state index in [4.69, 9.17) is 47.1 Å². The Labute approximate surface area is 234 Å². The Morgan fingerprint density at radius 3 is 2.51 bits per heavy atom. The van der Waals surface area contributed by atoms with Gasteiger partial charge in [0.15, 0.2) is 17.2 Å². The van der Waals surface area contributed by atoms with Crippen LogP contribution in [0.2, 0.25) is 10.0 Å². The van der Waals surface area contributed by atoms with Crippen LogP contribution in [0.25, 0.3) is 11.4 Å². The molecule has 4 aromatic rings. The van der Waals surface area contributed by atoms with Crippen molar-refractivity contribution in [2.45, 2.75) is 25.9 Å². The molecular formula is C27H23Cl2N5O5. The molecule has 0 radical (unpaired) electrons. The number of carbonyl (C=O) groups is 1. The van der Waals surface area contributed by atoms with E-state index in [0.717, 1.165) is 5.56 Å². The molecule has 0 unspecified atom stereocenters. The molecule has 0 spiro atoms. The number of ether oxygens (including phenoxy) is 4. The zero-order valence-corrected chi connectivity index (χ0v) is 22.9. The van der Waals surface area contributed by atoms with Gasteiger partial charge in [0.1, 0.15) is 11.9 Å². The Hall–Kier alpha value is -4.02. The lowest BCUT2D eigenvalue weighted by molar-refractivity contribution is 0.0989. The van der Waals surface area contributed by atoms with E-state index in [9.17, 15) is 4.79 Å². The Balaban J connectivity index is 1.59. The number of fused-ring (bicyclic) bond motifs is 2. The molecular weight excluding hydrogens is 545 g/mol. The molecule has 1 amide bonds. The van der Waals surface area contributed by atoms with Crippen LogP contribution in [0.1, 0.15) is 47.7 Å². The minimum atomic E-state index is -0.546. The standard InChI is InChI=1S/C27H23Cl2N5O5/c1-13(2)33-22-20(31-24(33)17-11-30-27(37-4)32-25(17)36-3)26(35)34(21(22)14-5-7-15(28)8-6-14)16-9-18(29)23-19(10-16)38-12-39-23/h5-11,13,21H,12H2,1-4H3/t21-/m1/s1. The van der Waals surface area contributed by atoms with Crippen LogP contribution < -0.4 is 23.8 Å². The first-order chi connectivity index (χ1) is 18.8. The Morgan fingerprint density at radius 1 is 1.05 bits per heavy atom. The summed E-state index contributed by atoms with van der Waals surface area (Å²) in [5.41, 5.74) is 2.92. The number of aromatic nitrogens is 4. The number of carbonyl (C=O) groups excluding carboxylic acids is 1. The molecule has 39 heavy (non-hydrogen) atoms. The van der Waals surface area contributed by atoms with Crippen molar-refractivity contribution in [2.24, 2.45) is 0 Å². The number of nitrogens with zero attached hydrogens (tertiary/aromatic N) is 5. The second kappa shape index (κ2) is 9.62. The van der Waals surface area contributed by atoms with Crippen LogP contribution in [0.3, 0.4) is 0 Å². The second-order valence-corrected chi connectivity index (χ2v) is 10.0. The van der Waals surface area contributed by atoms with E-state index in [2.05, 4.69) is 9.97 Å². The fraction of sp³-hybridized carbons (Fsp3) is 0.259. The number of amides is 1. The van der Waals surface area contributed by atoms with Crippen LogP contribution in [0.5, 0.6) is 23.4 Å². The molecule has 0 saturated carbocycles. The van der Waals surface area contributed by atoms with Crippen molar-refractivity contribution >= 4 is 34.8 Å². The quantitative estimate of drug-likeness (QED) is 0.291. The maximum absolute atomic E-state index is 14.2. The van der Waals surface area contributed by atoms with Crippen molar-refractivity contribution < 1.29 is 23.7 Å². The number of imidazole rings is 1. The number of halogens is 2. The lowest BCUT2D eigenvalue weighted by Crippen LogP contribution is -2.30. The third-order valence-corrected chi connectivity index (χ3v) is 7.16. The summed E-state index contributed by atoms with van der Waals surface area (Å²) in [6.45, 7) is 4.10. The van der Waals surface area contributed by atoms with Gasteiger partial charge in [0, 0.05) is 23.3 Å². The van der Waals surface area contributed by atoms with Gasteiger partial charge in [0.2, 0.25) is 12.7 Å². The molecule has 200 valence electrons. The summed E-state index contributed by atoms with van der Waals surface area (Å²) >= 11 is 12.8. The highest BCUT2D eigenvalue weighted by atomic mass is 35.5. The minimum Gasteiger partial charge on any atom is -0.480 e. The minimum absolute atomic E-state index is 0.0579. The first-order valence-electron chi connectivity index (χ1n) is 12.1. The molecule has 6 rings (SSSR count). The Bertz CT molecular complexity index is 1610. The van der Waals surface area contributed by atoms with Gasteiger partial charge in [-0.15, -0.1) is 0 Å². The topological polar surface area (TPSA) is 101 Å². The van der Waals surface area contributed by atoms with Crippen LogP contribution in [-0.4, -0.2) is 46.4 Å². The Morgan fingerprint density at radius 2 is 1.82 bits per heavy atom. The van der Waals surface area contributed by atoms with E-state index in [0.29, 0.717) is 50.0 Å². The van der Waals surface area contributed by atoms with Gasteiger partial charge in [0.05, 0.1) is 36.2 Å². The van der Waals surface area contributed by atoms with Gasteiger partial charge < -0.3 is 23.5 Å². The predicted molar refractivity (Wildman–Crippen MR) is 144 cm³/mol. The molecule has 2 aliphatic heterocycles. The van der Waals surface area contributed by atoms with Gasteiger partial charge in [-0.05, 0) is 37.6 Å².